The van der Waals surface area contributed by atoms with Crippen molar-refractivity contribution in [1.29, 1.82) is 0 Å². The second-order valence-electron chi connectivity index (χ2n) is 7.21. The van der Waals surface area contributed by atoms with Crippen molar-refractivity contribution in [2.45, 2.75) is 32.9 Å². The summed E-state index contributed by atoms with van der Waals surface area (Å²) < 4.78 is 21.3. The van der Waals surface area contributed by atoms with Crippen LogP contribution in [0.3, 0.4) is 0 Å². The van der Waals surface area contributed by atoms with Crippen molar-refractivity contribution < 1.29 is 9.13 Å². The van der Waals surface area contributed by atoms with Crippen molar-refractivity contribution in [2.75, 3.05) is 45.9 Å². The number of nitrogens with zero attached hydrogens (tertiary/aromatic N) is 5. The van der Waals surface area contributed by atoms with E-state index < -0.39 is 0 Å². The third kappa shape index (κ3) is 8.69. The molecule has 0 unspecified atom stereocenters. The van der Waals surface area contributed by atoms with E-state index in [9.17, 15) is 4.39 Å². The molecule has 2 aromatic rings. The second kappa shape index (κ2) is 14.3. The predicted molar refractivity (Wildman–Crippen MR) is 130 cm³/mol. The molecule has 31 heavy (non-hydrogen) atoms. The molecule has 3 rings (SSSR count). The third-order valence-electron chi connectivity index (χ3n) is 5.07. The Balaban J connectivity index is 0.00000341. The minimum Gasteiger partial charge on any atom is -0.379 e. The Kier molecular flexibility index (Phi) is 11.8. The number of nitrogens with one attached hydrogen (secondary N) is 2. The highest BCUT2D eigenvalue weighted by Crippen LogP contribution is 2.07. The maximum atomic E-state index is 13.9. The van der Waals surface area contributed by atoms with E-state index in [1.165, 1.54) is 6.07 Å². The van der Waals surface area contributed by atoms with E-state index >= 15 is 0 Å². The quantitative estimate of drug-likeness (QED) is 0.206. The molecule has 1 aromatic heterocycles. The van der Waals surface area contributed by atoms with E-state index in [0.29, 0.717) is 18.1 Å². The highest BCUT2D eigenvalue weighted by atomic mass is 127. The fraction of sp³-hybridized carbons (Fsp3) is 0.571. The van der Waals surface area contributed by atoms with Crippen LogP contribution in [0.25, 0.3) is 0 Å². The van der Waals surface area contributed by atoms with Crippen LogP contribution in [0.5, 0.6) is 0 Å². The Labute approximate surface area is 200 Å². The number of rotatable bonds is 10. The molecule has 0 spiro atoms. The van der Waals surface area contributed by atoms with Crippen molar-refractivity contribution in [1.82, 2.24) is 30.3 Å². The molecule has 1 saturated heterocycles. The Morgan fingerprint density at radius 3 is 2.71 bits per heavy atom. The van der Waals surface area contributed by atoms with Crippen LogP contribution in [-0.4, -0.2) is 71.6 Å². The predicted octanol–water partition coefficient (Wildman–Crippen LogP) is 2.06. The van der Waals surface area contributed by atoms with Gasteiger partial charge in [-0.1, -0.05) is 25.1 Å². The molecule has 1 aromatic carbocycles. The molecule has 172 valence electrons. The number of guanidine groups is 1. The van der Waals surface area contributed by atoms with E-state index in [1.54, 1.807) is 18.5 Å². The van der Waals surface area contributed by atoms with Crippen molar-refractivity contribution in [3.05, 3.63) is 47.8 Å². The fourth-order valence-electron chi connectivity index (χ4n) is 3.33. The first-order chi connectivity index (χ1) is 14.8. The van der Waals surface area contributed by atoms with E-state index in [1.807, 2.05) is 10.6 Å². The van der Waals surface area contributed by atoms with Gasteiger partial charge in [-0.05, 0) is 19.0 Å². The van der Waals surface area contributed by atoms with E-state index in [-0.39, 0.29) is 36.3 Å². The lowest BCUT2D eigenvalue weighted by Gasteiger charge is -2.26. The Morgan fingerprint density at radius 1 is 1.16 bits per heavy atom. The molecule has 0 aliphatic carbocycles. The van der Waals surface area contributed by atoms with Crippen LogP contribution in [0.15, 0.2) is 35.6 Å². The van der Waals surface area contributed by atoms with Gasteiger partial charge in [0.15, 0.2) is 5.96 Å². The number of hydrogen-bond donors (Lipinski definition) is 2. The number of ether oxygens (including phenoxy) is 1. The summed E-state index contributed by atoms with van der Waals surface area (Å²) in [4.78, 5) is 6.99. The van der Waals surface area contributed by atoms with Crippen LogP contribution in [0.4, 0.5) is 4.39 Å². The van der Waals surface area contributed by atoms with Crippen molar-refractivity contribution in [3.63, 3.8) is 0 Å². The van der Waals surface area contributed by atoms with Gasteiger partial charge < -0.3 is 19.9 Å². The molecule has 1 fully saturated rings. The first-order valence-corrected chi connectivity index (χ1v) is 10.7. The van der Waals surface area contributed by atoms with Gasteiger partial charge in [-0.15, -0.1) is 34.2 Å². The normalized spacial score (nSPS) is 14.8. The van der Waals surface area contributed by atoms with Crippen molar-refractivity contribution in [3.8, 4) is 0 Å². The first kappa shape index (κ1) is 25.5. The minimum absolute atomic E-state index is 0. The molecule has 2 N–H and O–H groups in total. The zero-order valence-electron chi connectivity index (χ0n) is 18.1. The average Bonchev–Trinajstić information content (AvgIpc) is 3.23. The Bertz CT molecular complexity index is 796. The van der Waals surface area contributed by atoms with Crippen molar-refractivity contribution in [2.24, 2.45) is 4.99 Å². The van der Waals surface area contributed by atoms with Gasteiger partial charge in [-0.25, -0.2) is 9.38 Å². The van der Waals surface area contributed by atoms with Crippen LogP contribution in [-0.2, 0) is 24.2 Å². The summed E-state index contributed by atoms with van der Waals surface area (Å²) in [6.07, 6.45) is 3.59. The number of benzene rings is 1. The van der Waals surface area contributed by atoms with Crippen LogP contribution in [0.1, 0.15) is 24.7 Å². The summed E-state index contributed by atoms with van der Waals surface area (Å²) in [6.45, 7) is 9.20. The standard InChI is InChI=1S/C21H32FN7O.HI/c1-2-20-27-26-17-29(20)11-9-24-21(25-16-18-6-3-4-7-19(18)22)23-8-5-10-28-12-14-30-15-13-28;/h3-4,6-7,17H,2,5,8-16H2,1H3,(H2,23,24,25);1H. The molecule has 2 heterocycles. The van der Waals surface area contributed by atoms with E-state index in [0.717, 1.165) is 64.6 Å². The highest BCUT2D eigenvalue weighted by Gasteiger charge is 2.09. The van der Waals surface area contributed by atoms with Gasteiger partial charge in [0.25, 0.3) is 0 Å². The molecule has 1 aliphatic rings. The Morgan fingerprint density at radius 2 is 1.94 bits per heavy atom. The topological polar surface area (TPSA) is 79.6 Å². The van der Waals surface area contributed by atoms with Crippen LogP contribution in [0.2, 0.25) is 0 Å². The molecule has 8 nitrogen and oxygen atoms in total. The number of hydrogen-bond acceptors (Lipinski definition) is 5. The lowest BCUT2D eigenvalue weighted by molar-refractivity contribution is 0.0376. The van der Waals surface area contributed by atoms with Gasteiger partial charge in [0, 0.05) is 44.7 Å². The van der Waals surface area contributed by atoms with Gasteiger partial charge in [-0.2, -0.15) is 0 Å². The summed E-state index contributed by atoms with van der Waals surface area (Å²) in [5.74, 6) is 1.41. The maximum Gasteiger partial charge on any atom is 0.191 e. The number of aromatic nitrogens is 3. The summed E-state index contributed by atoms with van der Waals surface area (Å²) in [6, 6.07) is 6.75. The van der Waals surface area contributed by atoms with Gasteiger partial charge in [0.2, 0.25) is 0 Å². The molecule has 1 aliphatic heterocycles. The van der Waals surface area contributed by atoms with Gasteiger partial charge >= 0.3 is 0 Å². The number of morpholine rings is 1. The summed E-state index contributed by atoms with van der Waals surface area (Å²) >= 11 is 0. The smallest absolute Gasteiger partial charge is 0.191 e. The van der Waals surface area contributed by atoms with Gasteiger partial charge in [-0.3, -0.25) is 4.90 Å². The maximum absolute atomic E-state index is 13.9. The van der Waals surface area contributed by atoms with Gasteiger partial charge in [0.1, 0.15) is 18.0 Å². The Hall–Kier alpha value is -1.79. The lowest BCUT2D eigenvalue weighted by atomic mass is 10.2. The second-order valence-corrected chi connectivity index (χ2v) is 7.21. The van der Waals surface area contributed by atoms with Crippen molar-refractivity contribution >= 4 is 29.9 Å². The van der Waals surface area contributed by atoms with Crippen LogP contribution in [0, 0.1) is 5.82 Å². The minimum atomic E-state index is -0.231. The molecular weight excluding hydrogens is 512 g/mol. The molecular formula is C21H33FIN7O. The molecule has 0 radical (unpaired) electrons. The molecule has 0 bridgehead atoms. The van der Waals surface area contributed by atoms with E-state index in [2.05, 4.69) is 37.6 Å². The van der Waals surface area contributed by atoms with Gasteiger partial charge in [0.05, 0.1) is 19.8 Å². The molecule has 0 amide bonds. The van der Waals surface area contributed by atoms with Crippen LogP contribution < -0.4 is 10.6 Å². The zero-order valence-corrected chi connectivity index (χ0v) is 20.4. The average molecular weight is 545 g/mol. The summed E-state index contributed by atoms with van der Waals surface area (Å²) in [5.41, 5.74) is 0.582. The largest absolute Gasteiger partial charge is 0.379 e. The molecule has 0 atom stereocenters. The van der Waals surface area contributed by atoms with E-state index in [4.69, 9.17) is 4.74 Å². The first-order valence-electron chi connectivity index (χ1n) is 10.7. The summed E-state index contributed by atoms with van der Waals surface area (Å²) in [5, 5.41) is 14.8. The number of aliphatic imine (C=N–C) groups is 1. The SMILES string of the molecule is CCc1nncn1CCNC(=NCc1ccccc1F)NCCCN1CCOCC1.I. The highest BCUT2D eigenvalue weighted by molar-refractivity contribution is 14.0. The van der Waals surface area contributed by atoms with Crippen LogP contribution >= 0.6 is 24.0 Å². The number of aryl methyl sites for hydroxylation is 1. The molecule has 10 heteroatoms. The third-order valence-corrected chi connectivity index (χ3v) is 5.07. The monoisotopic (exact) mass is 545 g/mol. The fourth-order valence-corrected chi connectivity index (χ4v) is 3.33. The molecule has 0 saturated carbocycles. The number of halogens is 2. The summed E-state index contributed by atoms with van der Waals surface area (Å²) in [7, 11) is 0. The zero-order chi connectivity index (χ0) is 21.0. The lowest BCUT2D eigenvalue weighted by Crippen LogP contribution is -2.41.